The van der Waals surface area contributed by atoms with Crippen LogP contribution in [-0.2, 0) is 0 Å². The molecule has 0 aliphatic carbocycles. The van der Waals surface area contributed by atoms with Crippen molar-refractivity contribution in [2.45, 2.75) is 19.3 Å². The molecule has 0 radical (unpaired) electrons. The third-order valence-electron chi connectivity index (χ3n) is 5.89. The average Bonchev–Trinajstić information content (AvgIpc) is 2.84. The highest BCUT2D eigenvalue weighted by atomic mass is 19.1. The van der Waals surface area contributed by atoms with E-state index in [-0.39, 0.29) is 5.56 Å². The van der Waals surface area contributed by atoms with Crippen LogP contribution < -0.4 is 4.74 Å². The second-order valence-corrected chi connectivity index (χ2v) is 8.01. The van der Waals surface area contributed by atoms with Crippen molar-refractivity contribution in [2.24, 2.45) is 0 Å². The van der Waals surface area contributed by atoms with Crippen molar-refractivity contribution in [1.82, 2.24) is 4.90 Å². The minimum atomic E-state index is -0.534. The van der Waals surface area contributed by atoms with Crippen molar-refractivity contribution in [2.75, 3.05) is 26.2 Å². The van der Waals surface area contributed by atoms with Crippen LogP contribution >= 0.6 is 0 Å². The summed E-state index contributed by atoms with van der Waals surface area (Å²) < 4.78 is 19.3. The lowest BCUT2D eigenvalue weighted by atomic mass is 9.88. The van der Waals surface area contributed by atoms with Gasteiger partial charge in [-0.3, -0.25) is 0 Å². The molecule has 0 bridgehead atoms. The number of nitrogens with zero attached hydrogens (tertiary/aromatic N) is 2. The molecule has 32 heavy (non-hydrogen) atoms. The van der Waals surface area contributed by atoms with Gasteiger partial charge in [0.2, 0.25) is 0 Å². The Hall–Kier alpha value is -3.42. The van der Waals surface area contributed by atoms with Gasteiger partial charge in [-0.15, -0.1) is 0 Å². The Morgan fingerprint density at radius 2 is 1.53 bits per heavy atom. The number of hydrogen-bond acceptors (Lipinski definition) is 3. The largest absolute Gasteiger partial charge is 0.493 e. The Kier molecular flexibility index (Phi) is 7.32. The van der Waals surface area contributed by atoms with Crippen molar-refractivity contribution >= 4 is 5.57 Å². The van der Waals surface area contributed by atoms with Gasteiger partial charge >= 0.3 is 0 Å². The first-order chi connectivity index (χ1) is 15.7. The predicted molar refractivity (Wildman–Crippen MR) is 126 cm³/mol. The zero-order valence-electron chi connectivity index (χ0n) is 18.1. The van der Waals surface area contributed by atoms with Gasteiger partial charge in [0.05, 0.1) is 12.2 Å². The Morgan fingerprint density at radius 1 is 0.906 bits per heavy atom. The van der Waals surface area contributed by atoms with Crippen LogP contribution in [0.25, 0.3) is 5.57 Å². The van der Waals surface area contributed by atoms with Gasteiger partial charge in [0.1, 0.15) is 17.6 Å². The van der Waals surface area contributed by atoms with Crippen LogP contribution in [0.4, 0.5) is 4.39 Å². The predicted octanol–water partition coefficient (Wildman–Crippen LogP) is 6.06. The molecule has 1 fully saturated rings. The van der Waals surface area contributed by atoms with E-state index >= 15 is 0 Å². The van der Waals surface area contributed by atoms with Crippen molar-refractivity contribution in [3.8, 4) is 11.8 Å². The van der Waals surface area contributed by atoms with E-state index in [2.05, 4.69) is 65.6 Å². The summed E-state index contributed by atoms with van der Waals surface area (Å²) in [5.74, 6) is -0.0614. The second-order valence-electron chi connectivity index (χ2n) is 8.01. The van der Waals surface area contributed by atoms with Gasteiger partial charge in [-0.2, -0.15) is 5.26 Å². The molecule has 3 nitrogen and oxygen atoms in total. The minimum Gasteiger partial charge on any atom is -0.493 e. The van der Waals surface area contributed by atoms with E-state index in [1.807, 2.05) is 6.07 Å². The molecule has 1 aliphatic heterocycles. The fraction of sp³-hybridized carbons (Fsp3) is 0.250. The molecule has 3 aromatic carbocycles. The summed E-state index contributed by atoms with van der Waals surface area (Å²) in [6, 6.07) is 27.6. The molecule has 3 aromatic rings. The standard InChI is InChI=1S/C28H27FN2O/c29-27-20-26(13-12-25(27)21-30)32-19-7-16-31-17-14-24(15-18-31)28(22-8-3-1-4-9-22)23-10-5-2-6-11-23/h1-6,8-13,20H,7,14-19H2. The van der Waals surface area contributed by atoms with Crippen LogP contribution in [0.5, 0.6) is 5.75 Å². The Morgan fingerprint density at radius 3 is 2.09 bits per heavy atom. The Bertz CT molecular complexity index is 1050. The Labute approximate surface area is 189 Å². The van der Waals surface area contributed by atoms with Gasteiger partial charge in [0, 0.05) is 25.7 Å². The molecule has 0 atom stereocenters. The van der Waals surface area contributed by atoms with E-state index in [1.54, 1.807) is 6.07 Å². The summed E-state index contributed by atoms with van der Waals surface area (Å²) in [6.45, 7) is 3.55. The summed E-state index contributed by atoms with van der Waals surface area (Å²) >= 11 is 0. The lowest BCUT2D eigenvalue weighted by molar-refractivity contribution is 0.223. The summed E-state index contributed by atoms with van der Waals surface area (Å²) in [5, 5.41) is 8.81. The van der Waals surface area contributed by atoms with E-state index in [0.29, 0.717) is 12.4 Å². The van der Waals surface area contributed by atoms with Gasteiger partial charge in [0.25, 0.3) is 0 Å². The highest BCUT2D eigenvalue weighted by Crippen LogP contribution is 2.32. The molecule has 1 heterocycles. The fourth-order valence-electron chi connectivity index (χ4n) is 4.24. The molecule has 0 N–H and O–H groups in total. The van der Waals surface area contributed by atoms with Crippen LogP contribution in [0.3, 0.4) is 0 Å². The number of piperidine rings is 1. The lowest BCUT2D eigenvalue weighted by Crippen LogP contribution is -2.32. The molecule has 0 unspecified atom stereocenters. The molecule has 4 rings (SSSR count). The number of hydrogen-bond donors (Lipinski definition) is 0. The van der Waals surface area contributed by atoms with Crippen LogP contribution in [0.1, 0.15) is 36.0 Å². The summed E-state index contributed by atoms with van der Waals surface area (Å²) in [4.78, 5) is 2.47. The van der Waals surface area contributed by atoms with Crippen molar-refractivity contribution < 1.29 is 9.13 Å². The molecular weight excluding hydrogens is 399 g/mol. The van der Waals surface area contributed by atoms with Crippen molar-refractivity contribution in [3.63, 3.8) is 0 Å². The Balaban J connectivity index is 1.33. The normalized spacial score (nSPS) is 14.1. The number of nitriles is 1. The highest BCUT2D eigenvalue weighted by Gasteiger charge is 2.18. The van der Waals surface area contributed by atoms with Crippen LogP contribution in [0, 0.1) is 17.1 Å². The first-order valence-corrected chi connectivity index (χ1v) is 11.1. The van der Waals surface area contributed by atoms with E-state index in [9.17, 15) is 4.39 Å². The van der Waals surface area contributed by atoms with Gasteiger partial charge in [-0.1, -0.05) is 66.2 Å². The number of halogens is 1. The molecule has 0 amide bonds. The number of rotatable bonds is 7. The number of likely N-dealkylation sites (tertiary alicyclic amines) is 1. The number of ether oxygens (including phenoxy) is 1. The van der Waals surface area contributed by atoms with E-state index in [1.165, 1.54) is 34.4 Å². The van der Waals surface area contributed by atoms with Crippen LogP contribution in [0.2, 0.25) is 0 Å². The van der Waals surface area contributed by atoms with E-state index < -0.39 is 5.82 Å². The monoisotopic (exact) mass is 426 g/mol. The van der Waals surface area contributed by atoms with Gasteiger partial charge in [0.15, 0.2) is 0 Å². The molecule has 162 valence electrons. The first-order valence-electron chi connectivity index (χ1n) is 11.1. The average molecular weight is 427 g/mol. The topological polar surface area (TPSA) is 36.3 Å². The van der Waals surface area contributed by atoms with Gasteiger partial charge < -0.3 is 9.64 Å². The third-order valence-corrected chi connectivity index (χ3v) is 5.89. The quantitative estimate of drug-likeness (QED) is 0.431. The molecular formula is C28H27FN2O. The maximum Gasteiger partial charge on any atom is 0.144 e. The fourth-order valence-corrected chi connectivity index (χ4v) is 4.24. The number of benzene rings is 3. The lowest BCUT2D eigenvalue weighted by Gasteiger charge is -2.30. The van der Waals surface area contributed by atoms with E-state index in [4.69, 9.17) is 10.00 Å². The SMILES string of the molecule is N#Cc1ccc(OCCCN2CCC(=C(c3ccccc3)c3ccccc3)CC2)cc1F. The second kappa shape index (κ2) is 10.7. The minimum absolute atomic E-state index is 0.0416. The van der Waals surface area contributed by atoms with Gasteiger partial charge in [-0.25, -0.2) is 4.39 Å². The molecule has 4 heteroatoms. The van der Waals surface area contributed by atoms with Crippen molar-refractivity contribution in [3.05, 3.63) is 107 Å². The maximum atomic E-state index is 13.7. The zero-order valence-corrected chi connectivity index (χ0v) is 18.1. The smallest absolute Gasteiger partial charge is 0.144 e. The third kappa shape index (κ3) is 5.43. The summed E-state index contributed by atoms with van der Waals surface area (Å²) in [5.41, 5.74) is 5.50. The molecule has 0 aromatic heterocycles. The summed E-state index contributed by atoms with van der Waals surface area (Å²) in [7, 11) is 0. The molecule has 0 saturated carbocycles. The molecule has 1 aliphatic rings. The van der Waals surface area contributed by atoms with Crippen LogP contribution in [0.15, 0.2) is 84.4 Å². The maximum absolute atomic E-state index is 13.7. The molecule has 0 spiro atoms. The van der Waals surface area contributed by atoms with Gasteiger partial charge in [-0.05, 0) is 48.1 Å². The highest BCUT2D eigenvalue weighted by molar-refractivity contribution is 5.82. The molecule has 1 saturated heterocycles. The van der Waals surface area contributed by atoms with Crippen molar-refractivity contribution in [1.29, 1.82) is 5.26 Å². The summed E-state index contributed by atoms with van der Waals surface area (Å²) in [6.07, 6.45) is 2.99. The first kappa shape index (κ1) is 21.8. The zero-order chi connectivity index (χ0) is 22.2. The van der Waals surface area contributed by atoms with Crippen LogP contribution in [-0.4, -0.2) is 31.1 Å². The van der Waals surface area contributed by atoms with E-state index in [0.717, 1.165) is 38.9 Å².